The van der Waals surface area contributed by atoms with E-state index < -0.39 is 15.5 Å². The molecule has 0 bridgehead atoms. The van der Waals surface area contributed by atoms with Crippen LogP contribution in [-0.4, -0.2) is 50.7 Å². The molecule has 64 valence electrons. The van der Waals surface area contributed by atoms with E-state index in [1.165, 1.54) is 0 Å². The molecule has 0 spiro atoms. The first-order valence-electron chi connectivity index (χ1n) is 1.23. The Kier molecular flexibility index (Phi) is 19.5. The van der Waals surface area contributed by atoms with Gasteiger partial charge in [-0.05, 0) is 0 Å². The van der Waals surface area contributed by atoms with E-state index in [2.05, 4.69) is 0 Å². The van der Waals surface area contributed by atoms with Crippen molar-refractivity contribution in [2.75, 3.05) is 0 Å². The van der Waals surface area contributed by atoms with Gasteiger partial charge >= 0.3 is 17.4 Å². The molecular weight excluding hydrogens is 201 g/mol. The van der Waals surface area contributed by atoms with E-state index in [1.54, 1.807) is 0 Å². The molecule has 0 saturated carbocycles. The van der Waals surface area contributed by atoms with Crippen molar-refractivity contribution in [3.63, 3.8) is 0 Å². The van der Waals surface area contributed by atoms with Crippen LogP contribution >= 0.6 is 0 Å². The second kappa shape index (κ2) is 9.56. The summed E-state index contributed by atoms with van der Waals surface area (Å²) < 4.78 is 34.1. The second-order valence-electron chi connectivity index (χ2n) is 0.646. The summed E-state index contributed by atoms with van der Waals surface area (Å²) in [5.41, 5.74) is 0. The van der Waals surface area contributed by atoms with Crippen LogP contribution in [0.15, 0.2) is 0 Å². The largest absolute Gasteiger partial charge is 3.00 e. The topological polar surface area (TPSA) is 174 Å². The van der Waals surface area contributed by atoms with Crippen molar-refractivity contribution in [1.82, 2.24) is 0 Å². The molecule has 9 nitrogen and oxygen atoms in total. The first kappa shape index (κ1) is 22.4. The van der Waals surface area contributed by atoms with E-state index in [-0.39, 0.29) is 22.8 Å². The minimum Gasteiger partial charge on any atom is -0.870 e. The molecule has 0 aromatic rings. The number of nitrogens with zero attached hydrogens (tertiary/aromatic N) is 1. The van der Waals surface area contributed by atoms with E-state index >= 15 is 0 Å². The summed E-state index contributed by atoms with van der Waals surface area (Å²) in [6.07, 6.45) is 0. The van der Waals surface area contributed by atoms with E-state index in [1.807, 2.05) is 0 Å². The smallest absolute Gasteiger partial charge is 0.870 e. The molecular formula is H2AlNO8S. The van der Waals surface area contributed by atoms with Gasteiger partial charge in [0.2, 0.25) is 0 Å². The summed E-state index contributed by atoms with van der Waals surface area (Å²) in [5.74, 6) is 0. The molecule has 0 atom stereocenters. The monoisotopic (exact) mass is 203 g/mol. The van der Waals surface area contributed by atoms with E-state index in [0.717, 1.165) is 0 Å². The third-order valence-corrected chi connectivity index (χ3v) is 0. The van der Waals surface area contributed by atoms with Crippen molar-refractivity contribution in [2.45, 2.75) is 0 Å². The van der Waals surface area contributed by atoms with Gasteiger partial charge in [-0.15, -0.1) is 10.1 Å². The maximum absolute atomic E-state index is 8.52. The molecule has 0 rings (SSSR count). The van der Waals surface area contributed by atoms with Crippen LogP contribution < -0.4 is 0 Å². The van der Waals surface area contributed by atoms with Crippen molar-refractivity contribution >= 4 is 27.8 Å². The third-order valence-electron chi connectivity index (χ3n) is 0. The standard InChI is InChI=1S/Al.HNO3.H2O4S.H2O/c;2-1(3)4;1-5(2,3)4;/h;(H,2,3,4);(H2,1,2,3,4);1H2/q+3;;;/p-3. The maximum Gasteiger partial charge on any atom is 3.00 e. The average Bonchev–Trinajstić information content (AvgIpc) is 1.19. The summed E-state index contributed by atoms with van der Waals surface area (Å²) in [6.45, 7) is 0. The Morgan fingerprint density at radius 3 is 1.27 bits per heavy atom. The Labute approximate surface area is 71.8 Å². The van der Waals surface area contributed by atoms with Gasteiger partial charge in [-0.2, -0.15) is 0 Å². The summed E-state index contributed by atoms with van der Waals surface area (Å²) in [7, 11) is -5.17. The molecule has 0 saturated heterocycles. The number of rotatable bonds is 0. The van der Waals surface area contributed by atoms with Crippen molar-refractivity contribution in [1.29, 1.82) is 0 Å². The molecule has 0 aliphatic rings. The summed E-state index contributed by atoms with van der Waals surface area (Å²) in [5, 5.41) is 13.6. The Balaban J connectivity index is -0.0000000383. The Hall–Kier alpha value is -0.438. The van der Waals surface area contributed by atoms with Gasteiger partial charge in [0.05, 0.1) is 0 Å². The third kappa shape index (κ3) is 2860. The van der Waals surface area contributed by atoms with Crippen LogP contribution in [0.1, 0.15) is 0 Å². The minimum absolute atomic E-state index is 0. The van der Waals surface area contributed by atoms with Crippen LogP contribution in [-0.2, 0) is 10.4 Å². The maximum atomic E-state index is 8.52. The summed E-state index contributed by atoms with van der Waals surface area (Å²) in [6, 6.07) is 0. The van der Waals surface area contributed by atoms with Crippen molar-refractivity contribution in [2.24, 2.45) is 0 Å². The quantitative estimate of drug-likeness (QED) is 0.151. The Morgan fingerprint density at radius 2 is 1.27 bits per heavy atom. The zero-order chi connectivity index (χ0) is 8.08. The van der Waals surface area contributed by atoms with Gasteiger partial charge < -0.3 is 19.8 Å². The molecule has 2 N–H and O–H groups in total. The van der Waals surface area contributed by atoms with Crippen LogP contribution in [0.3, 0.4) is 0 Å². The van der Waals surface area contributed by atoms with Crippen LogP contribution in [0.4, 0.5) is 0 Å². The number of hydrogen-bond donors (Lipinski definition) is 1. The van der Waals surface area contributed by atoms with Crippen LogP contribution in [0, 0.1) is 10.1 Å². The van der Waals surface area contributed by atoms with Crippen molar-refractivity contribution in [3.8, 4) is 0 Å². The van der Waals surface area contributed by atoms with Gasteiger partial charge in [-0.25, -0.2) is 0 Å². The SMILES string of the molecule is O=S(=O)([O-])[O-].O=[N+]([O-])O.[Al+3].[OH-]. The molecule has 0 aromatic heterocycles. The molecule has 0 unspecified atom stereocenters. The molecule has 0 aliphatic heterocycles. The summed E-state index contributed by atoms with van der Waals surface area (Å²) in [4.78, 5) is 8.36. The minimum atomic E-state index is -5.17. The van der Waals surface area contributed by atoms with Gasteiger partial charge in [-0.1, -0.05) is 0 Å². The van der Waals surface area contributed by atoms with Gasteiger partial charge in [-0.3, -0.25) is 8.42 Å². The second-order valence-corrected chi connectivity index (χ2v) is 1.46. The zero-order valence-corrected chi connectivity index (χ0v) is 6.75. The van der Waals surface area contributed by atoms with Crippen LogP contribution in [0.2, 0.25) is 0 Å². The molecule has 0 heterocycles. The molecule has 0 amide bonds. The molecule has 11 heteroatoms. The Bertz CT molecular complexity index is 157. The van der Waals surface area contributed by atoms with Crippen LogP contribution in [0.25, 0.3) is 0 Å². The fourth-order valence-corrected chi connectivity index (χ4v) is 0. The predicted octanol–water partition coefficient (Wildman–Crippen LogP) is -2.24. The molecule has 11 heavy (non-hydrogen) atoms. The average molecular weight is 203 g/mol. The predicted molar refractivity (Wildman–Crippen MR) is 26.9 cm³/mol. The normalized spacial score (nSPS) is 7.45. The van der Waals surface area contributed by atoms with Crippen molar-refractivity contribution < 1.29 is 33.3 Å². The summed E-state index contributed by atoms with van der Waals surface area (Å²) >= 11 is 0. The first-order valence-corrected chi connectivity index (χ1v) is 2.57. The molecule has 0 radical (unpaired) electrons. The van der Waals surface area contributed by atoms with Gasteiger partial charge in [0.1, 0.15) is 0 Å². The molecule has 0 fully saturated rings. The first-order chi connectivity index (χ1) is 3.73. The van der Waals surface area contributed by atoms with Gasteiger partial charge in [0, 0.05) is 10.4 Å². The van der Waals surface area contributed by atoms with Gasteiger partial charge in [0.15, 0.2) is 0 Å². The fourth-order valence-electron chi connectivity index (χ4n) is 0. The Morgan fingerprint density at radius 1 is 1.27 bits per heavy atom. The van der Waals surface area contributed by atoms with E-state index in [4.69, 9.17) is 32.8 Å². The van der Waals surface area contributed by atoms with Crippen LogP contribution in [0.5, 0.6) is 0 Å². The van der Waals surface area contributed by atoms with E-state index in [9.17, 15) is 0 Å². The zero-order valence-electron chi connectivity index (χ0n) is 4.78. The molecule has 0 aliphatic carbocycles. The van der Waals surface area contributed by atoms with Gasteiger partial charge in [0.25, 0.3) is 5.09 Å². The molecule has 0 aromatic carbocycles. The van der Waals surface area contributed by atoms with E-state index in [0.29, 0.717) is 0 Å². The fraction of sp³-hybridized carbons (Fsp3) is 0. The number of hydrogen-bond acceptors (Lipinski definition) is 7. The van der Waals surface area contributed by atoms with Crippen molar-refractivity contribution in [3.05, 3.63) is 10.1 Å².